The minimum atomic E-state index is -0.575. The molecule has 0 radical (unpaired) electrons. The molecule has 0 atom stereocenters. The summed E-state index contributed by atoms with van der Waals surface area (Å²) in [5, 5.41) is 0.594. The largest absolute Gasteiger partial charge is 0.454 e. The smallest absolute Gasteiger partial charge is 0.166 e. The van der Waals surface area contributed by atoms with E-state index >= 15 is 0 Å². The fourth-order valence-electron chi connectivity index (χ4n) is 1.52. The van der Waals surface area contributed by atoms with Crippen LogP contribution in [0, 0.1) is 12.7 Å². The summed E-state index contributed by atoms with van der Waals surface area (Å²) in [6.45, 7) is 1.82. The fraction of sp³-hybridized carbons (Fsp3) is 0.0714. The molecule has 18 heavy (non-hydrogen) atoms. The molecule has 0 bridgehead atoms. The van der Waals surface area contributed by atoms with E-state index in [1.54, 1.807) is 18.2 Å². The normalized spacial score (nSPS) is 10.2. The zero-order valence-electron chi connectivity index (χ0n) is 9.61. The number of rotatable bonds is 3. The molecular weight excluding hydrogens is 255 g/mol. The van der Waals surface area contributed by atoms with Gasteiger partial charge in [0.25, 0.3) is 0 Å². The van der Waals surface area contributed by atoms with Crippen LogP contribution in [0.2, 0.25) is 5.02 Å². The molecule has 0 spiro atoms. The summed E-state index contributed by atoms with van der Waals surface area (Å²) in [5.74, 6) is 0.0251. The minimum absolute atomic E-state index is 0.0750. The molecule has 2 nitrogen and oxygen atoms in total. The quantitative estimate of drug-likeness (QED) is 0.769. The number of ether oxygens (including phenoxy) is 1. The molecule has 4 heteroatoms. The van der Waals surface area contributed by atoms with Crippen molar-refractivity contribution in [2.45, 2.75) is 6.92 Å². The van der Waals surface area contributed by atoms with E-state index in [4.69, 9.17) is 16.3 Å². The van der Waals surface area contributed by atoms with Crippen LogP contribution in [0.25, 0.3) is 0 Å². The van der Waals surface area contributed by atoms with Crippen molar-refractivity contribution in [3.63, 3.8) is 0 Å². The summed E-state index contributed by atoms with van der Waals surface area (Å²) in [5.41, 5.74) is 1.08. The van der Waals surface area contributed by atoms with Gasteiger partial charge in [0.2, 0.25) is 0 Å². The molecule has 0 amide bonds. The Labute approximate surface area is 109 Å². The lowest BCUT2D eigenvalue weighted by Crippen LogP contribution is -1.92. The van der Waals surface area contributed by atoms with Gasteiger partial charge in [-0.2, -0.15) is 0 Å². The van der Waals surface area contributed by atoms with Crippen LogP contribution in [-0.4, -0.2) is 6.29 Å². The average molecular weight is 265 g/mol. The SMILES string of the molecule is Cc1cc(Cl)ccc1Oc1ccc(C=O)cc1F. The van der Waals surface area contributed by atoms with Crippen LogP contribution in [0.5, 0.6) is 11.5 Å². The summed E-state index contributed by atoms with van der Waals surface area (Å²) in [4.78, 5) is 10.5. The van der Waals surface area contributed by atoms with Crippen molar-refractivity contribution >= 4 is 17.9 Å². The number of carbonyl (C=O) groups excluding carboxylic acids is 1. The van der Waals surface area contributed by atoms with Crippen molar-refractivity contribution < 1.29 is 13.9 Å². The van der Waals surface area contributed by atoms with Crippen molar-refractivity contribution in [2.75, 3.05) is 0 Å². The molecule has 2 rings (SSSR count). The lowest BCUT2D eigenvalue weighted by atomic mass is 10.2. The number of aldehydes is 1. The molecule has 0 aliphatic carbocycles. The lowest BCUT2D eigenvalue weighted by molar-refractivity contribution is 0.112. The Morgan fingerprint density at radius 2 is 1.89 bits per heavy atom. The first-order chi connectivity index (χ1) is 8.60. The summed E-state index contributed by atoms with van der Waals surface area (Å²) in [7, 11) is 0. The van der Waals surface area contributed by atoms with Crippen molar-refractivity contribution in [2.24, 2.45) is 0 Å². The molecule has 92 valence electrons. The van der Waals surface area contributed by atoms with Gasteiger partial charge in [-0.1, -0.05) is 11.6 Å². The minimum Gasteiger partial charge on any atom is -0.454 e. The van der Waals surface area contributed by atoms with E-state index in [2.05, 4.69) is 0 Å². The van der Waals surface area contributed by atoms with Crippen molar-refractivity contribution in [1.82, 2.24) is 0 Å². The van der Waals surface area contributed by atoms with E-state index in [0.29, 0.717) is 17.1 Å². The average Bonchev–Trinajstić information content (AvgIpc) is 2.34. The van der Waals surface area contributed by atoms with E-state index < -0.39 is 5.82 Å². The first-order valence-electron chi connectivity index (χ1n) is 5.29. The number of hydrogen-bond donors (Lipinski definition) is 0. The van der Waals surface area contributed by atoms with E-state index in [1.807, 2.05) is 6.92 Å². The zero-order valence-corrected chi connectivity index (χ0v) is 10.4. The number of hydrogen-bond acceptors (Lipinski definition) is 2. The molecule has 0 aromatic heterocycles. The Morgan fingerprint density at radius 1 is 1.17 bits per heavy atom. The molecule has 0 unspecified atom stereocenters. The van der Waals surface area contributed by atoms with Crippen molar-refractivity contribution in [1.29, 1.82) is 0 Å². The number of carbonyl (C=O) groups is 1. The van der Waals surface area contributed by atoms with Crippen LogP contribution in [0.4, 0.5) is 4.39 Å². The molecule has 0 aliphatic rings. The Kier molecular flexibility index (Phi) is 3.63. The van der Waals surface area contributed by atoms with Gasteiger partial charge in [-0.3, -0.25) is 4.79 Å². The maximum atomic E-state index is 13.6. The third-order valence-corrected chi connectivity index (χ3v) is 2.68. The second-order valence-corrected chi connectivity index (χ2v) is 4.26. The van der Waals surface area contributed by atoms with Gasteiger partial charge in [-0.05, 0) is 48.9 Å². The molecule has 2 aromatic rings. The Hall–Kier alpha value is -1.87. The van der Waals surface area contributed by atoms with Gasteiger partial charge in [0, 0.05) is 10.6 Å². The van der Waals surface area contributed by atoms with E-state index in [9.17, 15) is 9.18 Å². The van der Waals surface area contributed by atoms with Crippen LogP contribution >= 0.6 is 11.6 Å². The predicted molar refractivity (Wildman–Crippen MR) is 68.1 cm³/mol. The van der Waals surface area contributed by atoms with Crippen molar-refractivity contribution in [3.05, 3.63) is 58.4 Å². The lowest BCUT2D eigenvalue weighted by Gasteiger charge is -2.09. The first-order valence-corrected chi connectivity index (χ1v) is 5.66. The van der Waals surface area contributed by atoms with Crippen LogP contribution < -0.4 is 4.74 Å². The molecule has 0 fully saturated rings. The highest BCUT2D eigenvalue weighted by Crippen LogP contribution is 2.29. The monoisotopic (exact) mass is 264 g/mol. The Balaban J connectivity index is 2.31. The standard InChI is InChI=1S/C14H10ClFO2/c1-9-6-11(15)3-5-13(9)18-14-4-2-10(8-17)7-12(14)16/h2-8H,1H3. The van der Waals surface area contributed by atoms with E-state index in [0.717, 1.165) is 11.6 Å². The maximum absolute atomic E-state index is 13.6. The van der Waals surface area contributed by atoms with Gasteiger partial charge in [0.1, 0.15) is 12.0 Å². The molecule has 0 N–H and O–H groups in total. The Morgan fingerprint density at radius 3 is 2.50 bits per heavy atom. The highest BCUT2D eigenvalue weighted by molar-refractivity contribution is 6.30. The molecule has 0 heterocycles. The maximum Gasteiger partial charge on any atom is 0.166 e. The molecule has 0 saturated carbocycles. The zero-order chi connectivity index (χ0) is 13.1. The summed E-state index contributed by atoms with van der Waals surface area (Å²) >= 11 is 5.82. The highest BCUT2D eigenvalue weighted by atomic mass is 35.5. The third-order valence-electron chi connectivity index (χ3n) is 2.45. The van der Waals surface area contributed by atoms with Crippen molar-refractivity contribution in [3.8, 4) is 11.5 Å². The van der Waals surface area contributed by atoms with E-state index in [-0.39, 0.29) is 11.3 Å². The van der Waals surface area contributed by atoms with Gasteiger partial charge in [-0.15, -0.1) is 0 Å². The van der Waals surface area contributed by atoms with Crippen LogP contribution in [0.1, 0.15) is 15.9 Å². The van der Waals surface area contributed by atoms with E-state index in [1.165, 1.54) is 12.1 Å². The Bertz CT molecular complexity index is 596. The summed E-state index contributed by atoms with van der Waals surface area (Å²) in [6.07, 6.45) is 0.584. The second kappa shape index (κ2) is 5.19. The predicted octanol–water partition coefficient (Wildman–Crippen LogP) is 4.39. The van der Waals surface area contributed by atoms with Crippen LogP contribution in [0.15, 0.2) is 36.4 Å². The first kappa shape index (κ1) is 12.6. The topological polar surface area (TPSA) is 26.3 Å². The second-order valence-electron chi connectivity index (χ2n) is 3.82. The number of aryl methyl sites for hydroxylation is 1. The number of halogens is 2. The van der Waals surface area contributed by atoms with Gasteiger partial charge in [-0.25, -0.2) is 4.39 Å². The third kappa shape index (κ3) is 2.68. The molecular formula is C14H10ClFO2. The van der Waals surface area contributed by atoms with Crippen LogP contribution in [-0.2, 0) is 0 Å². The van der Waals surface area contributed by atoms with Gasteiger partial charge in [0.05, 0.1) is 0 Å². The molecule has 2 aromatic carbocycles. The summed E-state index contributed by atoms with van der Waals surface area (Å²) < 4.78 is 19.1. The number of benzene rings is 2. The molecule has 0 saturated heterocycles. The van der Waals surface area contributed by atoms with Gasteiger partial charge >= 0.3 is 0 Å². The highest BCUT2D eigenvalue weighted by Gasteiger charge is 2.08. The van der Waals surface area contributed by atoms with Gasteiger partial charge < -0.3 is 4.74 Å². The van der Waals surface area contributed by atoms with Gasteiger partial charge in [0.15, 0.2) is 11.6 Å². The fourth-order valence-corrected chi connectivity index (χ4v) is 1.75. The summed E-state index contributed by atoms with van der Waals surface area (Å²) in [6, 6.07) is 9.12. The molecule has 0 aliphatic heterocycles. The van der Waals surface area contributed by atoms with Crippen LogP contribution in [0.3, 0.4) is 0 Å².